The van der Waals surface area contributed by atoms with E-state index >= 15 is 0 Å². The fraction of sp³-hybridized carbons (Fsp3) is 0.500. The predicted octanol–water partition coefficient (Wildman–Crippen LogP) is 0.925. The average Bonchev–Trinajstić information content (AvgIpc) is 2.32. The summed E-state index contributed by atoms with van der Waals surface area (Å²) in [6, 6.07) is 7.39. The lowest BCUT2D eigenvalue weighted by atomic mass is 9.91. The van der Waals surface area contributed by atoms with Crippen LogP contribution in [0.5, 0.6) is 5.75 Å². The molecule has 1 saturated heterocycles. The molecule has 0 amide bonds. The zero-order valence-corrected chi connectivity index (χ0v) is 10.6. The van der Waals surface area contributed by atoms with Gasteiger partial charge >= 0.3 is 0 Å². The Hall–Kier alpha value is -1.07. The second-order valence-electron chi connectivity index (χ2n) is 4.45. The molecule has 2 atom stereocenters. The summed E-state index contributed by atoms with van der Waals surface area (Å²) in [5.74, 6) is 0.956. The van der Waals surface area contributed by atoms with E-state index in [1.807, 2.05) is 24.3 Å². The van der Waals surface area contributed by atoms with E-state index in [-0.39, 0.29) is 23.5 Å². The van der Waals surface area contributed by atoms with Gasteiger partial charge < -0.3 is 10.5 Å². The first-order valence-corrected chi connectivity index (χ1v) is 7.44. The molecule has 94 valence electrons. The summed E-state index contributed by atoms with van der Waals surface area (Å²) >= 11 is 0. The molecule has 2 N–H and O–H groups in total. The largest absolute Gasteiger partial charge is 0.497 e. The van der Waals surface area contributed by atoms with Gasteiger partial charge in [-0.15, -0.1) is 0 Å². The summed E-state index contributed by atoms with van der Waals surface area (Å²) in [6.07, 6.45) is 0.532. The van der Waals surface area contributed by atoms with Crippen LogP contribution in [0.4, 0.5) is 0 Å². The number of methoxy groups -OCH3 is 1. The van der Waals surface area contributed by atoms with Crippen molar-refractivity contribution in [3.63, 3.8) is 0 Å². The summed E-state index contributed by atoms with van der Waals surface area (Å²) in [4.78, 5) is 0. The Kier molecular flexibility index (Phi) is 3.40. The molecule has 17 heavy (non-hydrogen) atoms. The summed E-state index contributed by atoms with van der Waals surface area (Å²) in [7, 11) is -1.36. The minimum Gasteiger partial charge on any atom is -0.497 e. The molecule has 0 radical (unpaired) electrons. The van der Waals surface area contributed by atoms with Gasteiger partial charge in [0.05, 0.1) is 18.6 Å². The molecule has 2 rings (SSSR count). The maximum atomic E-state index is 11.6. The van der Waals surface area contributed by atoms with Crippen LogP contribution in [0, 0.1) is 0 Å². The van der Waals surface area contributed by atoms with Crippen molar-refractivity contribution in [2.24, 2.45) is 5.73 Å². The highest BCUT2D eigenvalue weighted by atomic mass is 32.2. The highest BCUT2D eigenvalue weighted by molar-refractivity contribution is 7.91. The second kappa shape index (κ2) is 4.66. The first-order chi connectivity index (χ1) is 8.02. The molecule has 1 aromatic rings. The van der Waals surface area contributed by atoms with Crippen LogP contribution in [-0.4, -0.2) is 33.1 Å². The number of ether oxygens (including phenoxy) is 1. The van der Waals surface area contributed by atoms with E-state index in [0.717, 1.165) is 11.3 Å². The summed E-state index contributed by atoms with van der Waals surface area (Å²) in [5.41, 5.74) is 6.96. The second-order valence-corrected chi connectivity index (χ2v) is 6.68. The highest BCUT2D eigenvalue weighted by Gasteiger charge is 2.32. The number of benzene rings is 1. The van der Waals surface area contributed by atoms with Gasteiger partial charge in [0.25, 0.3) is 0 Å². The third kappa shape index (κ3) is 2.79. The van der Waals surface area contributed by atoms with Crippen molar-refractivity contribution in [3.8, 4) is 5.75 Å². The van der Waals surface area contributed by atoms with Gasteiger partial charge in [-0.3, -0.25) is 0 Å². The third-order valence-corrected chi connectivity index (χ3v) is 4.96. The Morgan fingerprint density at radius 1 is 1.41 bits per heavy atom. The molecule has 1 fully saturated rings. The van der Waals surface area contributed by atoms with Crippen LogP contribution in [0.2, 0.25) is 0 Å². The number of sulfone groups is 1. The molecule has 1 aromatic carbocycles. The highest BCUT2D eigenvalue weighted by Crippen LogP contribution is 2.29. The number of hydrogen-bond donors (Lipinski definition) is 1. The molecule has 1 heterocycles. The zero-order chi connectivity index (χ0) is 12.5. The topological polar surface area (TPSA) is 69.4 Å². The van der Waals surface area contributed by atoms with Crippen LogP contribution in [0.1, 0.15) is 17.9 Å². The van der Waals surface area contributed by atoms with Crippen LogP contribution in [0.3, 0.4) is 0 Å². The minimum atomic E-state index is -2.95. The first-order valence-electron chi connectivity index (χ1n) is 5.62. The van der Waals surface area contributed by atoms with Crippen LogP contribution in [-0.2, 0) is 9.84 Å². The van der Waals surface area contributed by atoms with Gasteiger partial charge in [-0.25, -0.2) is 8.42 Å². The number of rotatable bonds is 2. The molecule has 0 bridgehead atoms. The lowest BCUT2D eigenvalue weighted by Crippen LogP contribution is -2.40. The molecule has 0 aliphatic carbocycles. The van der Waals surface area contributed by atoms with Crippen molar-refractivity contribution < 1.29 is 13.2 Å². The average molecular weight is 255 g/mol. The van der Waals surface area contributed by atoms with Crippen molar-refractivity contribution in [1.29, 1.82) is 0 Å². The van der Waals surface area contributed by atoms with Gasteiger partial charge in [-0.05, 0) is 24.1 Å². The predicted molar refractivity (Wildman–Crippen MR) is 67.0 cm³/mol. The van der Waals surface area contributed by atoms with Crippen LogP contribution in [0.15, 0.2) is 24.3 Å². The van der Waals surface area contributed by atoms with Gasteiger partial charge in [0.1, 0.15) is 5.75 Å². The Labute approximate surface area is 102 Å². The standard InChI is InChI=1S/C12H17NO3S/c1-16-10-4-2-3-9(7-10)11-8-17(14,15)6-5-12(11)13/h2-4,7,11-12H,5-6,8,13H2,1H3. The number of nitrogens with two attached hydrogens (primary N) is 1. The lowest BCUT2D eigenvalue weighted by Gasteiger charge is -2.29. The summed E-state index contributed by atoms with van der Waals surface area (Å²) in [6.45, 7) is 0. The fourth-order valence-corrected chi connectivity index (χ4v) is 4.00. The van der Waals surface area contributed by atoms with E-state index in [1.165, 1.54) is 0 Å². The van der Waals surface area contributed by atoms with E-state index in [2.05, 4.69) is 0 Å². The quantitative estimate of drug-likeness (QED) is 0.853. The van der Waals surface area contributed by atoms with E-state index < -0.39 is 9.84 Å². The molecular weight excluding hydrogens is 238 g/mol. The molecule has 0 saturated carbocycles. The zero-order valence-electron chi connectivity index (χ0n) is 9.80. The van der Waals surface area contributed by atoms with Gasteiger partial charge in [0.15, 0.2) is 9.84 Å². The maximum absolute atomic E-state index is 11.6. The fourth-order valence-electron chi connectivity index (χ4n) is 2.21. The molecule has 5 heteroatoms. The smallest absolute Gasteiger partial charge is 0.151 e. The van der Waals surface area contributed by atoms with Crippen LogP contribution in [0.25, 0.3) is 0 Å². The van der Waals surface area contributed by atoms with E-state index in [9.17, 15) is 8.42 Å². The van der Waals surface area contributed by atoms with Crippen molar-refractivity contribution in [2.45, 2.75) is 18.4 Å². The van der Waals surface area contributed by atoms with E-state index in [4.69, 9.17) is 10.5 Å². The van der Waals surface area contributed by atoms with Crippen molar-refractivity contribution >= 4 is 9.84 Å². The summed E-state index contributed by atoms with van der Waals surface area (Å²) < 4.78 is 28.4. The normalized spacial score (nSPS) is 27.6. The van der Waals surface area contributed by atoms with Gasteiger partial charge in [0.2, 0.25) is 0 Å². The van der Waals surface area contributed by atoms with Gasteiger partial charge in [-0.2, -0.15) is 0 Å². The molecule has 1 aliphatic rings. The van der Waals surface area contributed by atoms with Gasteiger partial charge in [-0.1, -0.05) is 12.1 Å². The van der Waals surface area contributed by atoms with Crippen molar-refractivity contribution in [1.82, 2.24) is 0 Å². The van der Waals surface area contributed by atoms with Crippen LogP contribution < -0.4 is 10.5 Å². The number of hydrogen-bond acceptors (Lipinski definition) is 4. The molecule has 4 nitrogen and oxygen atoms in total. The van der Waals surface area contributed by atoms with Crippen molar-refractivity contribution in [2.75, 3.05) is 18.6 Å². The first kappa shape index (κ1) is 12.4. The minimum absolute atomic E-state index is 0.0920. The van der Waals surface area contributed by atoms with E-state index in [1.54, 1.807) is 7.11 Å². The molecule has 0 aromatic heterocycles. The molecular formula is C12H17NO3S. The Balaban J connectivity index is 2.30. The third-order valence-electron chi connectivity index (χ3n) is 3.23. The Morgan fingerprint density at radius 3 is 2.88 bits per heavy atom. The summed E-state index contributed by atoms with van der Waals surface area (Å²) in [5, 5.41) is 0. The Bertz CT molecular complexity index is 498. The van der Waals surface area contributed by atoms with Gasteiger partial charge in [0, 0.05) is 12.0 Å². The van der Waals surface area contributed by atoms with Crippen LogP contribution >= 0.6 is 0 Å². The van der Waals surface area contributed by atoms with E-state index in [0.29, 0.717) is 6.42 Å². The lowest BCUT2D eigenvalue weighted by molar-refractivity contribution is 0.413. The molecule has 2 unspecified atom stereocenters. The van der Waals surface area contributed by atoms with Crippen molar-refractivity contribution in [3.05, 3.63) is 29.8 Å². The monoisotopic (exact) mass is 255 g/mol. The Morgan fingerprint density at radius 2 is 2.18 bits per heavy atom. The maximum Gasteiger partial charge on any atom is 0.151 e. The molecule has 0 spiro atoms. The SMILES string of the molecule is COc1cccc(C2CS(=O)(=O)CCC2N)c1. The molecule has 1 aliphatic heterocycles.